The fraction of sp³-hybridized carbons (Fsp3) is 0.312. The summed E-state index contributed by atoms with van der Waals surface area (Å²) in [6.07, 6.45) is 2.67. The average molecular weight is 272 g/mol. The van der Waals surface area contributed by atoms with E-state index in [9.17, 15) is 0 Å². The van der Waals surface area contributed by atoms with Gasteiger partial charge in [-0.2, -0.15) is 0 Å². The first-order chi connectivity index (χ1) is 9.81. The SMILES string of the molecule is CNCc1ccnc(Oc2ccc(CCOC)cc2)c1. The Balaban J connectivity index is 2.00. The molecule has 0 unspecified atom stereocenters. The molecule has 0 spiro atoms. The van der Waals surface area contributed by atoms with Gasteiger partial charge in [0.1, 0.15) is 5.75 Å². The minimum Gasteiger partial charge on any atom is -0.439 e. The van der Waals surface area contributed by atoms with Gasteiger partial charge in [0.2, 0.25) is 5.88 Å². The summed E-state index contributed by atoms with van der Waals surface area (Å²) in [5, 5.41) is 3.11. The second-order valence-corrected chi connectivity index (χ2v) is 4.52. The van der Waals surface area contributed by atoms with Crippen molar-refractivity contribution in [2.75, 3.05) is 20.8 Å². The van der Waals surface area contributed by atoms with Crippen molar-refractivity contribution in [1.82, 2.24) is 10.3 Å². The van der Waals surface area contributed by atoms with Gasteiger partial charge < -0.3 is 14.8 Å². The van der Waals surface area contributed by atoms with Crippen molar-refractivity contribution in [2.45, 2.75) is 13.0 Å². The van der Waals surface area contributed by atoms with Gasteiger partial charge in [0.15, 0.2) is 0 Å². The Morgan fingerprint density at radius 3 is 2.60 bits per heavy atom. The molecular weight excluding hydrogens is 252 g/mol. The molecule has 0 aliphatic rings. The highest BCUT2D eigenvalue weighted by Gasteiger charge is 2.01. The van der Waals surface area contributed by atoms with Crippen LogP contribution in [0.5, 0.6) is 11.6 Å². The average Bonchev–Trinajstić information content (AvgIpc) is 2.47. The molecule has 0 fully saturated rings. The van der Waals surface area contributed by atoms with Crippen molar-refractivity contribution in [1.29, 1.82) is 0 Å². The number of aromatic nitrogens is 1. The molecule has 4 nitrogen and oxygen atoms in total. The van der Waals surface area contributed by atoms with Crippen LogP contribution in [0.2, 0.25) is 0 Å². The fourth-order valence-corrected chi connectivity index (χ4v) is 1.89. The lowest BCUT2D eigenvalue weighted by Crippen LogP contribution is -2.05. The Morgan fingerprint density at radius 1 is 1.10 bits per heavy atom. The van der Waals surface area contributed by atoms with Crippen LogP contribution in [0.1, 0.15) is 11.1 Å². The third kappa shape index (κ3) is 4.33. The molecule has 0 amide bonds. The number of hydrogen-bond donors (Lipinski definition) is 1. The normalized spacial score (nSPS) is 10.5. The Labute approximate surface area is 119 Å². The first-order valence-electron chi connectivity index (χ1n) is 6.67. The molecule has 1 heterocycles. The van der Waals surface area contributed by atoms with Gasteiger partial charge in [-0.1, -0.05) is 12.1 Å². The maximum atomic E-state index is 5.75. The van der Waals surface area contributed by atoms with Gasteiger partial charge in [0, 0.05) is 25.9 Å². The second kappa shape index (κ2) is 7.62. The molecule has 106 valence electrons. The van der Waals surface area contributed by atoms with Crippen LogP contribution in [0.15, 0.2) is 42.6 Å². The molecule has 0 saturated heterocycles. The lowest BCUT2D eigenvalue weighted by Gasteiger charge is -2.07. The molecule has 1 aromatic carbocycles. The topological polar surface area (TPSA) is 43.4 Å². The van der Waals surface area contributed by atoms with Crippen molar-refractivity contribution >= 4 is 0 Å². The van der Waals surface area contributed by atoms with Crippen LogP contribution in [0, 0.1) is 0 Å². The van der Waals surface area contributed by atoms with E-state index in [1.807, 2.05) is 43.4 Å². The maximum Gasteiger partial charge on any atom is 0.219 e. The number of ether oxygens (including phenoxy) is 2. The third-order valence-corrected chi connectivity index (χ3v) is 2.92. The number of pyridine rings is 1. The molecule has 2 rings (SSSR count). The fourth-order valence-electron chi connectivity index (χ4n) is 1.89. The Hall–Kier alpha value is -1.91. The van der Waals surface area contributed by atoms with E-state index >= 15 is 0 Å². The van der Waals surface area contributed by atoms with Crippen LogP contribution in [0.3, 0.4) is 0 Å². The molecule has 0 atom stereocenters. The smallest absolute Gasteiger partial charge is 0.219 e. The van der Waals surface area contributed by atoms with E-state index in [0.29, 0.717) is 5.88 Å². The lowest BCUT2D eigenvalue weighted by molar-refractivity contribution is 0.202. The highest BCUT2D eigenvalue weighted by Crippen LogP contribution is 2.20. The molecule has 20 heavy (non-hydrogen) atoms. The van der Waals surface area contributed by atoms with E-state index in [-0.39, 0.29) is 0 Å². The largest absolute Gasteiger partial charge is 0.439 e. The van der Waals surface area contributed by atoms with Crippen LogP contribution >= 0.6 is 0 Å². The van der Waals surface area contributed by atoms with E-state index < -0.39 is 0 Å². The van der Waals surface area contributed by atoms with Crippen LogP contribution in [-0.2, 0) is 17.7 Å². The van der Waals surface area contributed by atoms with Gasteiger partial charge in [0.05, 0.1) is 6.61 Å². The predicted octanol–water partition coefficient (Wildman–Crippen LogP) is 2.78. The summed E-state index contributed by atoms with van der Waals surface area (Å²) in [4.78, 5) is 4.22. The molecule has 0 aliphatic heterocycles. The van der Waals surface area contributed by atoms with Gasteiger partial charge in [-0.3, -0.25) is 0 Å². The van der Waals surface area contributed by atoms with E-state index in [4.69, 9.17) is 9.47 Å². The first-order valence-corrected chi connectivity index (χ1v) is 6.67. The van der Waals surface area contributed by atoms with Crippen molar-refractivity contribution < 1.29 is 9.47 Å². The van der Waals surface area contributed by atoms with Crippen molar-refractivity contribution in [3.8, 4) is 11.6 Å². The van der Waals surface area contributed by atoms with Crippen molar-refractivity contribution in [3.63, 3.8) is 0 Å². The molecule has 0 bridgehead atoms. The lowest BCUT2D eigenvalue weighted by atomic mass is 10.1. The zero-order valence-corrected chi connectivity index (χ0v) is 11.9. The molecule has 2 aromatic rings. The van der Waals surface area contributed by atoms with E-state index in [2.05, 4.69) is 10.3 Å². The molecule has 0 radical (unpaired) electrons. The summed E-state index contributed by atoms with van der Waals surface area (Å²) in [5.41, 5.74) is 2.38. The van der Waals surface area contributed by atoms with E-state index in [1.165, 1.54) is 5.56 Å². The van der Waals surface area contributed by atoms with Gasteiger partial charge in [-0.25, -0.2) is 4.98 Å². The summed E-state index contributed by atoms with van der Waals surface area (Å²) >= 11 is 0. The second-order valence-electron chi connectivity index (χ2n) is 4.52. The predicted molar refractivity (Wildman–Crippen MR) is 79.1 cm³/mol. The number of rotatable bonds is 7. The highest BCUT2D eigenvalue weighted by molar-refractivity contribution is 5.31. The summed E-state index contributed by atoms with van der Waals surface area (Å²) in [5.74, 6) is 1.41. The number of benzene rings is 1. The summed E-state index contributed by atoms with van der Waals surface area (Å²) in [7, 11) is 3.63. The minimum atomic E-state index is 0.613. The first kappa shape index (κ1) is 14.5. The van der Waals surface area contributed by atoms with Gasteiger partial charge in [-0.05, 0) is 42.8 Å². The number of hydrogen-bond acceptors (Lipinski definition) is 4. The monoisotopic (exact) mass is 272 g/mol. The number of nitrogens with zero attached hydrogens (tertiary/aromatic N) is 1. The van der Waals surface area contributed by atoms with Crippen LogP contribution < -0.4 is 10.1 Å². The van der Waals surface area contributed by atoms with Crippen molar-refractivity contribution in [3.05, 3.63) is 53.7 Å². The highest BCUT2D eigenvalue weighted by atomic mass is 16.5. The van der Waals surface area contributed by atoms with Crippen LogP contribution in [0.4, 0.5) is 0 Å². The zero-order chi connectivity index (χ0) is 14.2. The van der Waals surface area contributed by atoms with Crippen molar-refractivity contribution in [2.24, 2.45) is 0 Å². The molecule has 0 saturated carbocycles. The molecule has 4 heteroatoms. The zero-order valence-electron chi connectivity index (χ0n) is 11.9. The van der Waals surface area contributed by atoms with Crippen LogP contribution in [0.25, 0.3) is 0 Å². The van der Waals surface area contributed by atoms with Gasteiger partial charge >= 0.3 is 0 Å². The van der Waals surface area contributed by atoms with E-state index in [1.54, 1.807) is 13.3 Å². The standard InChI is InChI=1S/C16H20N2O2/c1-17-12-14-7-9-18-16(11-14)20-15-5-3-13(4-6-15)8-10-19-2/h3-7,9,11,17H,8,10,12H2,1-2H3. The van der Waals surface area contributed by atoms with E-state index in [0.717, 1.165) is 30.9 Å². The third-order valence-electron chi connectivity index (χ3n) is 2.92. The molecule has 0 aliphatic carbocycles. The Kier molecular flexibility index (Phi) is 5.53. The van der Waals surface area contributed by atoms with Crippen LogP contribution in [-0.4, -0.2) is 25.7 Å². The van der Waals surface area contributed by atoms with Gasteiger partial charge in [-0.15, -0.1) is 0 Å². The Morgan fingerprint density at radius 2 is 1.90 bits per heavy atom. The Bertz CT molecular complexity index is 526. The summed E-state index contributed by atoms with van der Waals surface area (Å²) < 4.78 is 10.8. The minimum absolute atomic E-state index is 0.613. The summed E-state index contributed by atoms with van der Waals surface area (Å²) in [6.45, 7) is 1.53. The molecule has 1 aromatic heterocycles. The molecular formula is C16H20N2O2. The molecule has 1 N–H and O–H groups in total. The summed E-state index contributed by atoms with van der Waals surface area (Å²) in [6, 6.07) is 11.9. The number of methoxy groups -OCH3 is 1. The maximum absolute atomic E-state index is 5.75. The quantitative estimate of drug-likeness (QED) is 0.841. The van der Waals surface area contributed by atoms with Gasteiger partial charge in [0.25, 0.3) is 0 Å². The number of nitrogens with one attached hydrogen (secondary N) is 1.